The molecule has 1 aromatic heterocycles. The van der Waals surface area contributed by atoms with Crippen molar-refractivity contribution >= 4 is 24.2 Å². The second kappa shape index (κ2) is 5.78. The molecule has 1 aliphatic rings. The van der Waals surface area contributed by atoms with Crippen LogP contribution < -0.4 is 10.2 Å². The van der Waals surface area contributed by atoms with Crippen molar-refractivity contribution in [3.05, 3.63) is 41.7 Å². The monoisotopic (exact) mass is 332 g/mol. The van der Waals surface area contributed by atoms with Gasteiger partial charge in [-0.05, 0) is 45.9 Å². The molecule has 0 aliphatic carbocycles. The fourth-order valence-electron chi connectivity index (χ4n) is 2.12. The smallest absolute Gasteiger partial charge is 0.424 e. The molecule has 5 nitrogen and oxygen atoms in total. The van der Waals surface area contributed by atoms with Gasteiger partial charge in [0.05, 0.1) is 11.2 Å². The van der Waals surface area contributed by atoms with Crippen LogP contribution in [0.15, 0.2) is 36.7 Å². The van der Waals surface area contributed by atoms with Gasteiger partial charge >= 0.3 is 13.1 Å². The molecule has 0 saturated carbocycles. The van der Waals surface area contributed by atoms with Crippen LogP contribution in [0.4, 0.5) is 0 Å². The first-order valence-electron chi connectivity index (χ1n) is 7.38. The van der Waals surface area contributed by atoms with Crippen LogP contribution in [-0.2, 0) is 9.31 Å². The maximum absolute atomic E-state index is 5.96. The summed E-state index contributed by atoms with van der Waals surface area (Å²) in [5.41, 5.74) is -0.0385. The molecule has 1 aromatic carbocycles. The van der Waals surface area contributed by atoms with E-state index < -0.39 is 18.3 Å². The lowest BCUT2D eigenvalue weighted by Gasteiger charge is -2.32. The molecule has 1 saturated heterocycles. The summed E-state index contributed by atoms with van der Waals surface area (Å²) >= 11 is 5.92. The number of hydrogen-bond acceptors (Lipinski definition) is 5. The number of aromatic nitrogens is 2. The van der Waals surface area contributed by atoms with E-state index in [-0.39, 0.29) is 6.01 Å². The summed E-state index contributed by atoms with van der Waals surface area (Å²) < 4.78 is 17.5. The van der Waals surface area contributed by atoms with E-state index in [9.17, 15) is 0 Å². The maximum atomic E-state index is 5.96. The highest BCUT2D eigenvalue weighted by Crippen LogP contribution is 2.36. The van der Waals surface area contributed by atoms with Gasteiger partial charge in [-0.15, -0.1) is 0 Å². The topological polar surface area (TPSA) is 53.5 Å². The first kappa shape index (κ1) is 16.2. The molecule has 3 rings (SSSR count). The molecule has 0 unspecified atom stereocenters. The quantitative estimate of drug-likeness (QED) is 0.808. The normalized spacial score (nSPS) is 18.9. The Labute approximate surface area is 141 Å². The minimum absolute atomic E-state index is 0.243. The highest BCUT2D eigenvalue weighted by Gasteiger charge is 2.51. The molecule has 2 aromatic rings. The van der Waals surface area contributed by atoms with Gasteiger partial charge in [0, 0.05) is 22.9 Å². The van der Waals surface area contributed by atoms with E-state index in [2.05, 4.69) is 9.97 Å². The van der Waals surface area contributed by atoms with Crippen LogP contribution in [0.2, 0.25) is 5.02 Å². The van der Waals surface area contributed by atoms with E-state index in [4.69, 9.17) is 25.6 Å². The molecular weight excluding hydrogens is 314 g/mol. The molecule has 2 heterocycles. The number of rotatable bonds is 3. The molecule has 0 bridgehead atoms. The minimum Gasteiger partial charge on any atom is -0.424 e. The van der Waals surface area contributed by atoms with Gasteiger partial charge in [-0.25, -0.2) is 9.97 Å². The number of hydrogen-bond donors (Lipinski definition) is 0. The molecule has 0 N–H and O–H groups in total. The number of ether oxygens (including phenoxy) is 1. The summed E-state index contributed by atoms with van der Waals surface area (Å²) in [5, 5.41) is 0.594. The Balaban J connectivity index is 1.73. The van der Waals surface area contributed by atoms with Crippen molar-refractivity contribution in [3.8, 4) is 11.8 Å². The first-order chi connectivity index (χ1) is 10.8. The van der Waals surface area contributed by atoms with Gasteiger partial charge in [0.2, 0.25) is 0 Å². The molecular formula is C16H18BClN2O3. The Morgan fingerprint density at radius 3 is 2.22 bits per heavy atom. The van der Waals surface area contributed by atoms with Crippen LogP contribution in [0, 0.1) is 0 Å². The van der Waals surface area contributed by atoms with Gasteiger partial charge in [0.25, 0.3) is 0 Å². The van der Waals surface area contributed by atoms with Gasteiger partial charge in [-0.3, -0.25) is 0 Å². The molecule has 7 heteroatoms. The van der Waals surface area contributed by atoms with Crippen molar-refractivity contribution < 1.29 is 14.0 Å². The van der Waals surface area contributed by atoms with Crippen LogP contribution in [-0.4, -0.2) is 28.3 Å². The Morgan fingerprint density at radius 2 is 1.65 bits per heavy atom. The molecule has 1 fully saturated rings. The molecule has 23 heavy (non-hydrogen) atoms. The van der Waals surface area contributed by atoms with E-state index in [0.29, 0.717) is 10.8 Å². The van der Waals surface area contributed by atoms with Crippen LogP contribution >= 0.6 is 11.6 Å². The fraction of sp³-hybridized carbons (Fsp3) is 0.375. The third-order valence-corrected chi connectivity index (χ3v) is 4.41. The summed E-state index contributed by atoms with van der Waals surface area (Å²) in [5.74, 6) is 0.584. The average Bonchev–Trinajstić information content (AvgIpc) is 2.68. The van der Waals surface area contributed by atoms with Gasteiger partial charge in [-0.2, -0.15) is 0 Å². The molecule has 0 amide bonds. The largest absolute Gasteiger partial charge is 0.498 e. The van der Waals surface area contributed by atoms with E-state index in [1.165, 1.54) is 0 Å². The lowest BCUT2D eigenvalue weighted by molar-refractivity contribution is 0.00578. The zero-order valence-electron chi connectivity index (χ0n) is 13.5. The van der Waals surface area contributed by atoms with Crippen molar-refractivity contribution in [2.45, 2.75) is 38.9 Å². The van der Waals surface area contributed by atoms with Gasteiger partial charge in [0.1, 0.15) is 5.75 Å². The highest BCUT2D eigenvalue weighted by molar-refractivity contribution is 6.61. The maximum Gasteiger partial charge on any atom is 0.498 e. The van der Waals surface area contributed by atoms with E-state index in [1.54, 1.807) is 36.7 Å². The molecule has 0 spiro atoms. The summed E-state index contributed by atoms with van der Waals surface area (Å²) in [7, 11) is -0.486. The van der Waals surface area contributed by atoms with Crippen molar-refractivity contribution in [1.29, 1.82) is 0 Å². The second-order valence-electron chi connectivity index (χ2n) is 6.45. The van der Waals surface area contributed by atoms with Crippen LogP contribution in [0.3, 0.4) is 0 Å². The Hall–Kier alpha value is -1.63. The predicted octanol–water partition coefficient (Wildman–Crippen LogP) is 3.22. The molecule has 0 atom stereocenters. The fourth-order valence-corrected chi connectivity index (χ4v) is 2.30. The predicted molar refractivity (Wildman–Crippen MR) is 89.3 cm³/mol. The van der Waals surface area contributed by atoms with Crippen molar-refractivity contribution in [3.63, 3.8) is 0 Å². The Bertz CT molecular complexity index is 691. The zero-order chi connectivity index (χ0) is 16.7. The zero-order valence-corrected chi connectivity index (χ0v) is 14.3. The number of nitrogens with zero attached hydrogens (tertiary/aromatic N) is 2. The summed E-state index contributed by atoms with van der Waals surface area (Å²) in [4.78, 5) is 8.41. The minimum atomic E-state index is -0.486. The van der Waals surface area contributed by atoms with Gasteiger partial charge in [-0.1, -0.05) is 17.7 Å². The molecule has 1 aliphatic heterocycles. The van der Waals surface area contributed by atoms with E-state index in [0.717, 1.165) is 5.46 Å². The van der Waals surface area contributed by atoms with E-state index >= 15 is 0 Å². The Morgan fingerprint density at radius 1 is 1.04 bits per heavy atom. The van der Waals surface area contributed by atoms with Crippen LogP contribution in [0.1, 0.15) is 27.7 Å². The molecule has 0 radical (unpaired) electrons. The second-order valence-corrected chi connectivity index (χ2v) is 6.88. The van der Waals surface area contributed by atoms with Crippen LogP contribution in [0.5, 0.6) is 11.8 Å². The summed E-state index contributed by atoms with van der Waals surface area (Å²) in [6, 6.07) is 7.31. The number of halogens is 1. The third-order valence-electron chi connectivity index (χ3n) is 4.18. The number of benzene rings is 1. The first-order valence-corrected chi connectivity index (χ1v) is 7.76. The van der Waals surface area contributed by atoms with Gasteiger partial charge < -0.3 is 14.0 Å². The summed E-state index contributed by atoms with van der Waals surface area (Å²) in [6.45, 7) is 8.02. The Kier molecular flexibility index (Phi) is 4.08. The highest BCUT2D eigenvalue weighted by atomic mass is 35.5. The van der Waals surface area contributed by atoms with Crippen LogP contribution in [0.25, 0.3) is 0 Å². The SMILES string of the molecule is CC1(C)OB(c2cnc(Oc3cccc(Cl)c3)nc2)OC1(C)C. The van der Waals surface area contributed by atoms with Crippen molar-refractivity contribution in [2.75, 3.05) is 0 Å². The molecule has 120 valence electrons. The van der Waals surface area contributed by atoms with Crippen molar-refractivity contribution in [2.24, 2.45) is 0 Å². The van der Waals surface area contributed by atoms with E-state index in [1.807, 2.05) is 27.7 Å². The lowest BCUT2D eigenvalue weighted by Crippen LogP contribution is -2.41. The average molecular weight is 333 g/mol. The van der Waals surface area contributed by atoms with Gasteiger partial charge in [0.15, 0.2) is 0 Å². The lowest BCUT2D eigenvalue weighted by atomic mass is 9.81. The summed E-state index contributed by atoms with van der Waals surface area (Å²) in [6.07, 6.45) is 3.30. The van der Waals surface area contributed by atoms with Crippen molar-refractivity contribution in [1.82, 2.24) is 9.97 Å². The standard InChI is InChI=1S/C16H18BClN2O3/c1-15(2)16(3,4)23-17(22-15)11-9-19-14(20-10-11)21-13-7-5-6-12(18)8-13/h5-10H,1-4H3. The third kappa shape index (κ3) is 3.34.